The Kier molecular flexibility index (Phi) is 9.40. The first-order chi connectivity index (χ1) is 16.0. The van der Waals surface area contributed by atoms with Gasteiger partial charge in [-0.1, -0.05) is 78.3 Å². The maximum atomic E-state index is 13.5. The number of carbonyl (C=O) groups is 2. The van der Waals surface area contributed by atoms with Crippen molar-refractivity contribution in [3.63, 3.8) is 0 Å². The molecule has 0 aliphatic rings. The highest BCUT2D eigenvalue weighted by atomic mass is 35.5. The summed E-state index contributed by atoms with van der Waals surface area (Å²) in [5.74, 6) is 0.770. The molecule has 0 aliphatic carbocycles. The summed E-state index contributed by atoms with van der Waals surface area (Å²) in [5.41, 5.74) is 4.26. The summed E-state index contributed by atoms with van der Waals surface area (Å²) in [6.45, 7) is 2.41. The van der Waals surface area contributed by atoms with E-state index in [1.165, 1.54) is 0 Å². The molecule has 2 amide bonds. The van der Waals surface area contributed by atoms with Crippen LogP contribution in [0.15, 0.2) is 78.9 Å². The average molecular weight is 481 g/mol. The van der Waals surface area contributed by atoms with Crippen molar-refractivity contribution in [2.75, 3.05) is 12.8 Å². The van der Waals surface area contributed by atoms with Crippen molar-refractivity contribution >= 4 is 35.2 Å². The zero-order chi connectivity index (χ0) is 23.6. The van der Waals surface area contributed by atoms with Crippen molar-refractivity contribution in [3.8, 4) is 0 Å². The molecule has 3 rings (SSSR count). The Morgan fingerprint density at radius 1 is 0.939 bits per heavy atom. The molecule has 0 heterocycles. The molecule has 1 N–H and O–H groups in total. The Hall–Kier alpha value is -2.76. The quantitative estimate of drug-likeness (QED) is 0.430. The molecule has 6 heteroatoms. The third-order valence-electron chi connectivity index (χ3n) is 5.53. The van der Waals surface area contributed by atoms with Crippen LogP contribution in [0.4, 0.5) is 0 Å². The summed E-state index contributed by atoms with van der Waals surface area (Å²) in [6, 6.07) is 24.8. The normalized spacial score (nSPS) is 11.6. The minimum absolute atomic E-state index is 0.0539. The molecular weight excluding hydrogens is 452 g/mol. The molecule has 33 heavy (non-hydrogen) atoms. The Labute approximate surface area is 205 Å². The Morgan fingerprint density at radius 2 is 1.61 bits per heavy atom. The summed E-state index contributed by atoms with van der Waals surface area (Å²) < 4.78 is 0. The molecule has 0 spiro atoms. The van der Waals surface area contributed by atoms with Crippen molar-refractivity contribution in [1.82, 2.24) is 10.2 Å². The van der Waals surface area contributed by atoms with Gasteiger partial charge in [-0.2, -0.15) is 0 Å². The predicted molar refractivity (Wildman–Crippen MR) is 137 cm³/mol. The number of nitrogens with one attached hydrogen (secondary N) is 1. The summed E-state index contributed by atoms with van der Waals surface area (Å²) in [4.78, 5) is 28.1. The van der Waals surface area contributed by atoms with Crippen molar-refractivity contribution in [2.24, 2.45) is 0 Å². The van der Waals surface area contributed by atoms with Crippen molar-refractivity contribution in [3.05, 3.63) is 106 Å². The van der Waals surface area contributed by atoms with E-state index in [-0.39, 0.29) is 17.6 Å². The molecule has 0 bridgehead atoms. The molecule has 0 radical (unpaired) electrons. The zero-order valence-corrected chi connectivity index (χ0v) is 20.5. The van der Waals surface area contributed by atoms with Crippen molar-refractivity contribution in [2.45, 2.75) is 31.7 Å². The van der Waals surface area contributed by atoms with Crippen LogP contribution in [0, 0.1) is 6.92 Å². The highest BCUT2D eigenvalue weighted by Gasteiger charge is 2.29. The van der Waals surface area contributed by atoms with Crippen molar-refractivity contribution in [1.29, 1.82) is 0 Å². The van der Waals surface area contributed by atoms with E-state index in [1.54, 1.807) is 23.7 Å². The van der Waals surface area contributed by atoms with Crippen LogP contribution in [0.2, 0.25) is 5.02 Å². The third kappa shape index (κ3) is 7.37. The van der Waals surface area contributed by atoms with Crippen LogP contribution >= 0.6 is 23.4 Å². The van der Waals surface area contributed by atoms with Gasteiger partial charge < -0.3 is 10.2 Å². The van der Waals surface area contributed by atoms with E-state index in [4.69, 9.17) is 11.6 Å². The lowest BCUT2D eigenvalue weighted by molar-refractivity contribution is -0.139. The minimum Gasteiger partial charge on any atom is -0.357 e. The molecule has 0 unspecified atom stereocenters. The monoisotopic (exact) mass is 480 g/mol. The average Bonchev–Trinajstić information content (AvgIpc) is 2.83. The van der Waals surface area contributed by atoms with Crippen LogP contribution in [-0.2, 0) is 28.3 Å². The Balaban J connectivity index is 1.81. The van der Waals surface area contributed by atoms with E-state index in [0.717, 1.165) is 22.3 Å². The fourth-order valence-corrected chi connectivity index (χ4v) is 4.61. The van der Waals surface area contributed by atoms with E-state index in [1.807, 2.05) is 85.8 Å². The Morgan fingerprint density at radius 3 is 2.27 bits per heavy atom. The standard InChI is InChI=1S/C27H29ClN2O2S/c1-20-8-6-7-11-23(20)17-30(25(27(32)29-2)16-21-9-4-3-5-10-21)26(31)19-33-18-22-12-14-24(28)15-13-22/h3-15,25H,16-19H2,1-2H3,(H,29,32)/t25-/m0/s1. The van der Waals surface area contributed by atoms with E-state index in [2.05, 4.69) is 5.32 Å². The molecule has 0 aromatic heterocycles. The van der Waals surface area contributed by atoms with Gasteiger partial charge in [0.1, 0.15) is 6.04 Å². The van der Waals surface area contributed by atoms with E-state index in [0.29, 0.717) is 23.7 Å². The van der Waals surface area contributed by atoms with E-state index < -0.39 is 6.04 Å². The summed E-state index contributed by atoms with van der Waals surface area (Å²) in [5, 5.41) is 3.45. The van der Waals surface area contributed by atoms with Gasteiger partial charge in [0.25, 0.3) is 0 Å². The van der Waals surface area contributed by atoms with Crippen LogP contribution in [0.3, 0.4) is 0 Å². The molecule has 0 aliphatic heterocycles. The molecule has 1 atom stereocenters. The van der Waals surface area contributed by atoms with E-state index in [9.17, 15) is 9.59 Å². The number of halogens is 1. The lowest BCUT2D eigenvalue weighted by Crippen LogP contribution is -2.50. The lowest BCUT2D eigenvalue weighted by Gasteiger charge is -2.31. The highest BCUT2D eigenvalue weighted by Crippen LogP contribution is 2.20. The van der Waals surface area contributed by atoms with Gasteiger partial charge in [0, 0.05) is 30.8 Å². The van der Waals surface area contributed by atoms with Crippen LogP contribution in [0.25, 0.3) is 0 Å². The molecule has 3 aromatic rings. The highest BCUT2D eigenvalue weighted by molar-refractivity contribution is 7.99. The fraction of sp³-hybridized carbons (Fsp3) is 0.259. The topological polar surface area (TPSA) is 49.4 Å². The number of thioether (sulfide) groups is 1. The van der Waals surface area contributed by atoms with Crippen molar-refractivity contribution < 1.29 is 9.59 Å². The predicted octanol–water partition coefficient (Wildman–Crippen LogP) is 5.27. The maximum Gasteiger partial charge on any atom is 0.242 e. The SMILES string of the molecule is CNC(=O)[C@H](Cc1ccccc1)N(Cc1ccccc1C)C(=O)CSCc1ccc(Cl)cc1. The van der Waals surface area contributed by atoms with Gasteiger partial charge in [-0.05, 0) is 41.3 Å². The second kappa shape index (κ2) is 12.5. The van der Waals surface area contributed by atoms with Gasteiger partial charge >= 0.3 is 0 Å². The van der Waals surface area contributed by atoms with Gasteiger partial charge in [-0.25, -0.2) is 0 Å². The van der Waals surface area contributed by atoms with Crippen LogP contribution in [0.1, 0.15) is 22.3 Å². The molecular formula is C27H29ClN2O2S. The number of amides is 2. The number of benzene rings is 3. The number of carbonyl (C=O) groups excluding carboxylic acids is 2. The number of hydrogen-bond donors (Lipinski definition) is 1. The summed E-state index contributed by atoms with van der Waals surface area (Å²) in [7, 11) is 1.62. The van der Waals surface area contributed by atoms with Gasteiger partial charge in [-0.3, -0.25) is 9.59 Å². The molecule has 4 nitrogen and oxygen atoms in total. The fourth-order valence-electron chi connectivity index (χ4n) is 3.61. The number of nitrogens with zero attached hydrogens (tertiary/aromatic N) is 1. The number of rotatable bonds is 10. The smallest absolute Gasteiger partial charge is 0.242 e. The number of aryl methyl sites for hydroxylation is 1. The van der Waals surface area contributed by atoms with Crippen LogP contribution in [-0.4, -0.2) is 35.6 Å². The minimum atomic E-state index is -0.597. The first-order valence-corrected chi connectivity index (χ1v) is 12.4. The number of likely N-dealkylation sites (N-methyl/N-ethyl adjacent to an activating group) is 1. The second-order valence-electron chi connectivity index (χ2n) is 7.89. The zero-order valence-electron chi connectivity index (χ0n) is 19.0. The van der Waals surface area contributed by atoms with Crippen LogP contribution in [0.5, 0.6) is 0 Å². The first-order valence-electron chi connectivity index (χ1n) is 10.9. The van der Waals surface area contributed by atoms with Gasteiger partial charge in [-0.15, -0.1) is 11.8 Å². The van der Waals surface area contributed by atoms with Gasteiger partial charge in [0.2, 0.25) is 11.8 Å². The van der Waals surface area contributed by atoms with E-state index >= 15 is 0 Å². The largest absolute Gasteiger partial charge is 0.357 e. The maximum absolute atomic E-state index is 13.5. The lowest BCUT2D eigenvalue weighted by atomic mass is 10.0. The molecule has 0 saturated heterocycles. The van der Waals surface area contributed by atoms with Gasteiger partial charge in [0.05, 0.1) is 5.75 Å². The summed E-state index contributed by atoms with van der Waals surface area (Å²) >= 11 is 7.51. The Bertz CT molecular complexity index is 1060. The molecule has 172 valence electrons. The first kappa shape index (κ1) is 24.9. The van der Waals surface area contributed by atoms with Crippen LogP contribution < -0.4 is 5.32 Å². The van der Waals surface area contributed by atoms with Gasteiger partial charge in [0.15, 0.2) is 0 Å². The number of hydrogen-bond acceptors (Lipinski definition) is 3. The third-order valence-corrected chi connectivity index (χ3v) is 6.77. The molecule has 0 saturated carbocycles. The summed E-state index contributed by atoms with van der Waals surface area (Å²) in [6.07, 6.45) is 0.458. The second-order valence-corrected chi connectivity index (χ2v) is 9.31. The molecule has 0 fully saturated rings. The molecule has 3 aromatic carbocycles.